The van der Waals surface area contributed by atoms with Crippen molar-refractivity contribution in [1.29, 1.82) is 0 Å². The molecule has 0 radical (unpaired) electrons. The van der Waals surface area contributed by atoms with Crippen LogP contribution in [0.3, 0.4) is 0 Å². The van der Waals surface area contributed by atoms with E-state index in [-0.39, 0.29) is 18.4 Å². The minimum Gasteiger partial charge on any atom is -0.461 e. The summed E-state index contributed by atoms with van der Waals surface area (Å²) in [5, 5.41) is 3.94. The Labute approximate surface area is 82.0 Å². The first-order chi connectivity index (χ1) is 5.33. The van der Waals surface area contributed by atoms with Crippen molar-refractivity contribution in [1.82, 2.24) is 0 Å². The van der Waals surface area contributed by atoms with Gasteiger partial charge in [-0.25, -0.2) is 0 Å². The first-order valence-electron chi connectivity index (χ1n) is 3.49. The highest BCUT2D eigenvalue weighted by molar-refractivity contribution is 7.07. The monoisotopic (exact) mass is 206 g/mol. The van der Waals surface area contributed by atoms with Crippen LogP contribution in [-0.2, 0) is 16.1 Å². The van der Waals surface area contributed by atoms with Crippen LogP contribution >= 0.6 is 23.7 Å². The molecule has 0 saturated heterocycles. The van der Waals surface area contributed by atoms with Crippen molar-refractivity contribution in [3.63, 3.8) is 0 Å². The lowest BCUT2D eigenvalue weighted by Crippen LogP contribution is -2.01. The molecule has 2 nitrogen and oxygen atoms in total. The van der Waals surface area contributed by atoms with Gasteiger partial charge in [0.05, 0.1) is 0 Å². The smallest absolute Gasteiger partial charge is 0.305 e. The maximum atomic E-state index is 10.7. The van der Waals surface area contributed by atoms with E-state index in [4.69, 9.17) is 4.74 Å². The Bertz CT molecular complexity index is 221. The molecule has 12 heavy (non-hydrogen) atoms. The maximum absolute atomic E-state index is 10.7. The lowest BCUT2D eigenvalue weighted by molar-refractivity contribution is -0.144. The second kappa shape index (κ2) is 6.03. The van der Waals surface area contributed by atoms with Crippen molar-refractivity contribution in [2.45, 2.75) is 20.0 Å². The summed E-state index contributed by atoms with van der Waals surface area (Å²) in [4.78, 5) is 10.7. The Morgan fingerprint density at radius 3 is 2.92 bits per heavy atom. The van der Waals surface area contributed by atoms with Crippen LogP contribution in [0.2, 0.25) is 0 Å². The largest absolute Gasteiger partial charge is 0.461 e. The second-order valence-corrected chi connectivity index (χ2v) is 2.93. The fourth-order valence-corrected chi connectivity index (χ4v) is 1.29. The fourth-order valence-electron chi connectivity index (χ4n) is 0.641. The Morgan fingerprint density at radius 2 is 2.42 bits per heavy atom. The van der Waals surface area contributed by atoms with Gasteiger partial charge in [0.25, 0.3) is 0 Å². The Morgan fingerprint density at radius 1 is 1.67 bits per heavy atom. The number of hydrogen-bond donors (Lipinski definition) is 0. The highest BCUT2D eigenvalue weighted by Gasteiger charge is 1.98. The van der Waals surface area contributed by atoms with E-state index in [1.54, 1.807) is 18.3 Å². The van der Waals surface area contributed by atoms with E-state index in [0.717, 1.165) is 5.56 Å². The molecule has 0 aliphatic rings. The van der Waals surface area contributed by atoms with Crippen LogP contribution in [0.1, 0.15) is 18.9 Å². The summed E-state index contributed by atoms with van der Waals surface area (Å²) in [6.45, 7) is 2.20. The average Bonchev–Trinajstić information content (AvgIpc) is 2.52. The van der Waals surface area contributed by atoms with Gasteiger partial charge in [-0.05, 0) is 16.8 Å². The Hall–Kier alpha value is -0.540. The van der Waals surface area contributed by atoms with Crippen molar-refractivity contribution >= 4 is 29.7 Å². The van der Waals surface area contributed by atoms with Crippen LogP contribution in [-0.4, -0.2) is 5.97 Å². The van der Waals surface area contributed by atoms with Crippen molar-refractivity contribution < 1.29 is 9.53 Å². The van der Waals surface area contributed by atoms with Crippen LogP contribution in [0.15, 0.2) is 16.8 Å². The zero-order valence-corrected chi connectivity index (χ0v) is 8.41. The summed E-state index contributed by atoms with van der Waals surface area (Å²) < 4.78 is 4.90. The normalized spacial score (nSPS) is 8.75. The molecule has 1 heterocycles. The molecule has 0 N–H and O–H groups in total. The van der Waals surface area contributed by atoms with Crippen molar-refractivity contribution in [3.8, 4) is 0 Å². The molecule has 4 heteroatoms. The Balaban J connectivity index is 0.00000121. The number of esters is 1. The van der Waals surface area contributed by atoms with Gasteiger partial charge >= 0.3 is 5.97 Å². The van der Waals surface area contributed by atoms with E-state index in [0.29, 0.717) is 13.0 Å². The van der Waals surface area contributed by atoms with Gasteiger partial charge in [-0.3, -0.25) is 4.79 Å². The highest BCUT2D eigenvalue weighted by atomic mass is 35.5. The van der Waals surface area contributed by atoms with E-state index < -0.39 is 0 Å². The molecule has 0 unspecified atom stereocenters. The lowest BCUT2D eigenvalue weighted by Gasteiger charge is -1.99. The minimum absolute atomic E-state index is 0. The quantitative estimate of drug-likeness (QED) is 0.711. The SMILES string of the molecule is CCC(=O)OCc1ccsc1.Cl. The van der Waals surface area contributed by atoms with Crippen LogP contribution in [0, 0.1) is 0 Å². The first kappa shape index (κ1) is 11.5. The molecule has 0 amide bonds. The van der Waals surface area contributed by atoms with Crippen LogP contribution in [0.5, 0.6) is 0 Å². The number of hydrogen-bond acceptors (Lipinski definition) is 3. The van der Waals surface area contributed by atoms with E-state index in [9.17, 15) is 4.79 Å². The summed E-state index contributed by atoms with van der Waals surface area (Å²) in [5.74, 6) is -0.142. The van der Waals surface area contributed by atoms with Gasteiger partial charge in [0.2, 0.25) is 0 Å². The predicted molar refractivity (Wildman–Crippen MR) is 51.7 cm³/mol. The van der Waals surface area contributed by atoms with E-state index in [1.807, 2.05) is 16.8 Å². The van der Waals surface area contributed by atoms with Gasteiger partial charge in [-0.15, -0.1) is 12.4 Å². The molecule has 0 aliphatic heterocycles. The highest BCUT2D eigenvalue weighted by Crippen LogP contribution is 2.07. The average molecular weight is 207 g/mol. The number of carbonyl (C=O) groups is 1. The zero-order valence-electron chi connectivity index (χ0n) is 6.78. The standard InChI is InChI=1S/C8H10O2S.ClH/c1-2-8(9)10-5-7-3-4-11-6-7;/h3-4,6H,2,5H2,1H3;1H. The number of carbonyl (C=O) groups excluding carboxylic acids is 1. The molecule has 1 aromatic rings. The van der Waals surface area contributed by atoms with Crippen LogP contribution < -0.4 is 0 Å². The maximum Gasteiger partial charge on any atom is 0.305 e. The number of rotatable bonds is 3. The summed E-state index contributed by atoms with van der Waals surface area (Å²) >= 11 is 1.61. The van der Waals surface area contributed by atoms with E-state index in [2.05, 4.69) is 0 Å². The molecule has 1 rings (SSSR count). The molecular weight excluding hydrogens is 196 g/mol. The molecule has 0 atom stereocenters. The third-order valence-electron chi connectivity index (χ3n) is 1.27. The summed E-state index contributed by atoms with van der Waals surface area (Å²) in [6, 6.07) is 1.95. The molecule has 0 saturated carbocycles. The summed E-state index contributed by atoms with van der Waals surface area (Å²) in [7, 11) is 0. The molecule has 0 aliphatic carbocycles. The van der Waals surface area contributed by atoms with Gasteiger partial charge in [-0.1, -0.05) is 6.92 Å². The van der Waals surface area contributed by atoms with E-state index in [1.165, 1.54) is 0 Å². The van der Waals surface area contributed by atoms with Gasteiger partial charge in [-0.2, -0.15) is 11.3 Å². The van der Waals surface area contributed by atoms with Crippen molar-refractivity contribution in [2.24, 2.45) is 0 Å². The summed E-state index contributed by atoms with van der Waals surface area (Å²) in [5.41, 5.74) is 1.07. The topological polar surface area (TPSA) is 26.3 Å². The first-order valence-corrected chi connectivity index (χ1v) is 4.44. The third-order valence-corrected chi connectivity index (χ3v) is 2.00. The van der Waals surface area contributed by atoms with Gasteiger partial charge < -0.3 is 4.74 Å². The fraction of sp³-hybridized carbons (Fsp3) is 0.375. The predicted octanol–water partition coefficient (Wildman–Crippen LogP) is 2.62. The van der Waals surface area contributed by atoms with Crippen LogP contribution in [0.4, 0.5) is 0 Å². The van der Waals surface area contributed by atoms with Gasteiger partial charge in [0.1, 0.15) is 6.61 Å². The van der Waals surface area contributed by atoms with Crippen molar-refractivity contribution in [2.75, 3.05) is 0 Å². The van der Waals surface area contributed by atoms with Gasteiger partial charge in [0.15, 0.2) is 0 Å². The Kier molecular flexibility index (Phi) is 5.76. The molecule has 0 fully saturated rings. The molecule has 68 valence electrons. The second-order valence-electron chi connectivity index (χ2n) is 2.15. The zero-order chi connectivity index (χ0) is 8.10. The van der Waals surface area contributed by atoms with Gasteiger partial charge in [0, 0.05) is 12.0 Å². The molecule has 0 bridgehead atoms. The number of halogens is 1. The molecule has 0 aromatic carbocycles. The number of thiophene rings is 1. The third kappa shape index (κ3) is 3.74. The van der Waals surface area contributed by atoms with E-state index >= 15 is 0 Å². The minimum atomic E-state index is -0.142. The molecule has 0 spiro atoms. The molecular formula is C8H11ClO2S. The number of ether oxygens (including phenoxy) is 1. The summed E-state index contributed by atoms with van der Waals surface area (Å²) in [6.07, 6.45) is 0.449. The lowest BCUT2D eigenvalue weighted by atomic mass is 10.4. The molecule has 1 aromatic heterocycles. The van der Waals surface area contributed by atoms with Crippen LogP contribution in [0.25, 0.3) is 0 Å². The van der Waals surface area contributed by atoms with Crippen molar-refractivity contribution in [3.05, 3.63) is 22.4 Å².